The number of nitrogens with one attached hydrogen (secondary N) is 2. The number of benzene rings is 1. The van der Waals surface area contributed by atoms with E-state index in [1.807, 2.05) is 0 Å². The van der Waals surface area contributed by atoms with Gasteiger partial charge in [0.25, 0.3) is 5.69 Å². The Balaban J connectivity index is 0.00000312. The van der Waals surface area contributed by atoms with E-state index in [9.17, 15) is 18.5 Å². The molecule has 0 amide bonds. The first-order chi connectivity index (χ1) is 11.2. The number of nitrogens with zero attached hydrogens (tertiary/aromatic N) is 1. The second-order valence-corrected chi connectivity index (χ2v) is 7.94. The molecule has 25 heavy (non-hydrogen) atoms. The maximum atomic E-state index is 12.7. The Bertz CT molecular complexity index is 710. The molecule has 1 unspecified atom stereocenters. The Morgan fingerprint density at radius 2 is 1.96 bits per heavy atom. The lowest BCUT2D eigenvalue weighted by atomic mass is 9.99. The van der Waals surface area contributed by atoms with Crippen molar-refractivity contribution in [2.24, 2.45) is 0 Å². The maximum absolute atomic E-state index is 12.7. The summed E-state index contributed by atoms with van der Waals surface area (Å²) < 4.78 is 33.3. The van der Waals surface area contributed by atoms with Gasteiger partial charge in [-0.25, -0.2) is 13.1 Å². The zero-order valence-corrected chi connectivity index (χ0v) is 16.1. The molecule has 0 bridgehead atoms. The van der Waals surface area contributed by atoms with Gasteiger partial charge in [-0.3, -0.25) is 10.1 Å². The minimum atomic E-state index is -3.78. The first-order valence-electron chi connectivity index (χ1n) is 7.70. The van der Waals surface area contributed by atoms with E-state index < -0.39 is 20.5 Å². The van der Waals surface area contributed by atoms with Gasteiger partial charge in [-0.15, -0.1) is 12.4 Å². The van der Waals surface area contributed by atoms with Crippen LogP contribution >= 0.6 is 12.4 Å². The number of non-ortho nitro benzene ring substituents is 1. The van der Waals surface area contributed by atoms with E-state index in [4.69, 9.17) is 4.74 Å². The molecule has 2 N–H and O–H groups in total. The highest BCUT2D eigenvalue weighted by Crippen LogP contribution is 2.26. The predicted octanol–water partition coefficient (Wildman–Crippen LogP) is 1.68. The second kappa shape index (κ2) is 8.41. The number of aryl methyl sites for hydroxylation is 2. The lowest BCUT2D eigenvalue weighted by Gasteiger charge is -2.29. The summed E-state index contributed by atoms with van der Waals surface area (Å²) >= 11 is 0. The quantitative estimate of drug-likeness (QED) is 0.538. The third-order valence-electron chi connectivity index (χ3n) is 4.28. The lowest BCUT2D eigenvalue weighted by molar-refractivity contribution is -0.385. The summed E-state index contributed by atoms with van der Waals surface area (Å²) in [6, 6.07) is 2.56. The van der Waals surface area contributed by atoms with Crippen molar-refractivity contribution < 1.29 is 18.1 Å². The van der Waals surface area contributed by atoms with Crippen molar-refractivity contribution in [2.75, 3.05) is 26.8 Å². The molecule has 0 saturated carbocycles. The van der Waals surface area contributed by atoms with Gasteiger partial charge in [0.15, 0.2) is 0 Å². The van der Waals surface area contributed by atoms with Crippen LogP contribution in [0.5, 0.6) is 0 Å². The van der Waals surface area contributed by atoms with Gasteiger partial charge in [-0.2, -0.15) is 0 Å². The van der Waals surface area contributed by atoms with Crippen molar-refractivity contribution in [2.45, 2.75) is 37.1 Å². The number of hydrogen-bond donors (Lipinski definition) is 2. The minimum Gasteiger partial charge on any atom is -0.383 e. The Kier molecular flexibility index (Phi) is 7.33. The van der Waals surface area contributed by atoms with Gasteiger partial charge in [-0.05, 0) is 44.4 Å². The third kappa shape index (κ3) is 4.89. The lowest BCUT2D eigenvalue weighted by Crippen LogP contribution is -2.53. The van der Waals surface area contributed by atoms with Crippen LogP contribution in [0.15, 0.2) is 17.0 Å². The van der Waals surface area contributed by atoms with Gasteiger partial charge in [0.05, 0.1) is 22.0 Å². The number of methoxy groups -OCH3 is 1. The largest absolute Gasteiger partial charge is 0.383 e. The standard InChI is InChI=1S/C15H23N3O5S.ClH/c1-11-7-13(18(19)20)8-12(2)14(11)24(21,22)17-9-15(10-23-3)5-4-6-16-15;/h7-8,16-17H,4-6,9-10H2,1-3H3;1H. The van der Waals surface area contributed by atoms with Crippen LogP contribution in [-0.4, -0.2) is 45.7 Å². The van der Waals surface area contributed by atoms with E-state index in [1.165, 1.54) is 12.1 Å². The summed E-state index contributed by atoms with van der Waals surface area (Å²) in [7, 11) is -2.19. The Hall–Kier alpha value is -1.26. The van der Waals surface area contributed by atoms with Crippen molar-refractivity contribution in [1.82, 2.24) is 10.0 Å². The highest BCUT2D eigenvalue weighted by atomic mass is 35.5. The first-order valence-corrected chi connectivity index (χ1v) is 9.18. The molecule has 10 heteroatoms. The van der Waals surface area contributed by atoms with Crippen LogP contribution in [-0.2, 0) is 14.8 Å². The van der Waals surface area contributed by atoms with Crippen LogP contribution in [0.2, 0.25) is 0 Å². The molecule has 1 atom stereocenters. The molecule has 142 valence electrons. The van der Waals surface area contributed by atoms with E-state index in [0.717, 1.165) is 19.4 Å². The monoisotopic (exact) mass is 393 g/mol. The summed E-state index contributed by atoms with van der Waals surface area (Å²) in [5.74, 6) is 0. The molecule has 1 aromatic carbocycles. The highest BCUT2D eigenvalue weighted by molar-refractivity contribution is 7.89. The van der Waals surface area contributed by atoms with Crippen LogP contribution in [0.4, 0.5) is 5.69 Å². The van der Waals surface area contributed by atoms with Gasteiger partial charge in [0.2, 0.25) is 10.0 Å². The van der Waals surface area contributed by atoms with Crippen molar-refractivity contribution in [1.29, 1.82) is 0 Å². The van der Waals surface area contributed by atoms with Gasteiger partial charge >= 0.3 is 0 Å². The SMILES string of the molecule is COCC1(CNS(=O)(=O)c2c(C)cc([N+](=O)[O-])cc2C)CCCN1.Cl. The van der Waals surface area contributed by atoms with Gasteiger partial charge in [0, 0.05) is 25.8 Å². The van der Waals surface area contributed by atoms with E-state index >= 15 is 0 Å². The van der Waals surface area contributed by atoms with Crippen molar-refractivity contribution in [3.05, 3.63) is 33.4 Å². The average Bonchev–Trinajstić information content (AvgIpc) is 2.94. The molecule has 1 aromatic rings. The number of nitro groups is 1. The topological polar surface area (TPSA) is 111 Å². The normalized spacial score (nSPS) is 20.3. The number of halogens is 1. The molecular weight excluding hydrogens is 370 g/mol. The smallest absolute Gasteiger partial charge is 0.270 e. The Morgan fingerprint density at radius 3 is 2.40 bits per heavy atom. The van der Waals surface area contributed by atoms with E-state index in [-0.39, 0.29) is 29.5 Å². The van der Waals surface area contributed by atoms with Crippen LogP contribution in [0.3, 0.4) is 0 Å². The Morgan fingerprint density at radius 1 is 1.36 bits per heavy atom. The van der Waals surface area contributed by atoms with Crippen LogP contribution < -0.4 is 10.0 Å². The molecule has 8 nitrogen and oxygen atoms in total. The van der Waals surface area contributed by atoms with E-state index in [0.29, 0.717) is 17.7 Å². The van der Waals surface area contributed by atoms with Crippen LogP contribution in [0.1, 0.15) is 24.0 Å². The molecule has 0 spiro atoms. The summed E-state index contributed by atoms with van der Waals surface area (Å²) in [5.41, 5.74) is 0.186. The molecule has 0 radical (unpaired) electrons. The van der Waals surface area contributed by atoms with Gasteiger partial charge in [-0.1, -0.05) is 0 Å². The summed E-state index contributed by atoms with van der Waals surface area (Å²) in [6.07, 6.45) is 1.78. The molecular formula is C15H24ClN3O5S. The fraction of sp³-hybridized carbons (Fsp3) is 0.600. The average molecular weight is 394 g/mol. The van der Waals surface area contributed by atoms with Gasteiger partial charge < -0.3 is 10.1 Å². The number of rotatable bonds is 7. The molecule has 1 saturated heterocycles. The van der Waals surface area contributed by atoms with Gasteiger partial charge in [0.1, 0.15) is 0 Å². The Labute approximate surface area is 153 Å². The number of nitro benzene ring substituents is 1. The van der Waals surface area contributed by atoms with E-state index in [2.05, 4.69) is 10.0 Å². The first kappa shape index (κ1) is 21.8. The zero-order valence-electron chi connectivity index (χ0n) is 14.5. The number of sulfonamides is 1. The molecule has 1 aliphatic rings. The fourth-order valence-corrected chi connectivity index (χ4v) is 4.81. The van der Waals surface area contributed by atoms with E-state index in [1.54, 1.807) is 21.0 Å². The fourth-order valence-electron chi connectivity index (χ4n) is 3.23. The number of ether oxygens (including phenoxy) is 1. The molecule has 2 rings (SSSR count). The maximum Gasteiger partial charge on any atom is 0.270 e. The van der Waals surface area contributed by atoms with Crippen molar-refractivity contribution in [3.8, 4) is 0 Å². The summed E-state index contributed by atoms with van der Waals surface area (Å²) in [5, 5.41) is 14.2. The second-order valence-electron chi connectivity index (χ2n) is 6.23. The minimum absolute atomic E-state index is 0. The molecule has 1 fully saturated rings. The highest BCUT2D eigenvalue weighted by Gasteiger charge is 2.35. The summed E-state index contributed by atoms with van der Waals surface area (Å²) in [4.78, 5) is 10.5. The van der Waals surface area contributed by atoms with Crippen LogP contribution in [0.25, 0.3) is 0 Å². The molecule has 1 aliphatic heterocycles. The van der Waals surface area contributed by atoms with Crippen molar-refractivity contribution in [3.63, 3.8) is 0 Å². The molecule has 0 aromatic heterocycles. The van der Waals surface area contributed by atoms with Crippen molar-refractivity contribution >= 4 is 28.1 Å². The van der Waals surface area contributed by atoms with Crippen LogP contribution in [0, 0.1) is 24.0 Å². The number of hydrogen-bond acceptors (Lipinski definition) is 6. The predicted molar refractivity (Wildman–Crippen MR) is 96.9 cm³/mol. The molecule has 0 aliphatic carbocycles. The summed E-state index contributed by atoms with van der Waals surface area (Å²) in [6.45, 7) is 4.56. The molecule has 1 heterocycles. The zero-order chi connectivity index (χ0) is 18.0. The third-order valence-corrected chi connectivity index (χ3v) is 5.98.